The first kappa shape index (κ1) is 21.5. The second kappa shape index (κ2) is 9.28. The molecule has 2 fully saturated rings. The SMILES string of the molecule is CCCC(=O)Cc1ccc(-c2nc3c(c(N4CCOC[C@@H]4C)n2)CN(CC2CC2)C3)cc1. The van der Waals surface area contributed by atoms with Crippen LogP contribution in [0, 0.1) is 5.92 Å². The molecule has 0 radical (unpaired) electrons. The lowest BCUT2D eigenvalue weighted by Gasteiger charge is -2.35. The molecule has 1 saturated heterocycles. The Labute approximate surface area is 191 Å². The number of anilines is 1. The maximum absolute atomic E-state index is 12.0. The molecule has 170 valence electrons. The van der Waals surface area contributed by atoms with E-state index in [2.05, 4.69) is 41.0 Å². The summed E-state index contributed by atoms with van der Waals surface area (Å²) in [5.41, 5.74) is 4.55. The lowest BCUT2D eigenvalue weighted by atomic mass is 10.0. The van der Waals surface area contributed by atoms with Gasteiger partial charge < -0.3 is 9.64 Å². The van der Waals surface area contributed by atoms with Gasteiger partial charge in [-0.15, -0.1) is 0 Å². The van der Waals surface area contributed by atoms with Crippen molar-refractivity contribution in [3.8, 4) is 11.4 Å². The van der Waals surface area contributed by atoms with Crippen molar-refractivity contribution in [2.24, 2.45) is 5.92 Å². The number of carbonyl (C=O) groups excluding carboxylic acids is 1. The van der Waals surface area contributed by atoms with Crippen molar-refractivity contribution in [1.82, 2.24) is 14.9 Å². The summed E-state index contributed by atoms with van der Waals surface area (Å²) >= 11 is 0. The Morgan fingerprint density at radius 3 is 2.69 bits per heavy atom. The van der Waals surface area contributed by atoms with Crippen LogP contribution < -0.4 is 4.90 Å². The summed E-state index contributed by atoms with van der Waals surface area (Å²) in [6, 6.07) is 8.55. The second-order valence-corrected chi connectivity index (χ2v) is 9.69. The van der Waals surface area contributed by atoms with Gasteiger partial charge in [0, 0.05) is 50.1 Å². The molecule has 5 rings (SSSR count). The number of morpholine rings is 1. The number of ether oxygens (including phenoxy) is 1. The molecule has 0 bridgehead atoms. The number of hydrogen-bond acceptors (Lipinski definition) is 6. The van der Waals surface area contributed by atoms with Gasteiger partial charge in [0.05, 0.1) is 24.9 Å². The number of Topliss-reactive ketones (excluding diaryl/α,β-unsaturated/α-hetero) is 1. The van der Waals surface area contributed by atoms with E-state index in [0.29, 0.717) is 24.7 Å². The van der Waals surface area contributed by atoms with Crippen LogP contribution >= 0.6 is 0 Å². The smallest absolute Gasteiger partial charge is 0.161 e. The topological polar surface area (TPSA) is 58.6 Å². The Kier molecular flexibility index (Phi) is 6.24. The van der Waals surface area contributed by atoms with Crippen LogP contribution in [0.5, 0.6) is 0 Å². The van der Waals surface area contributed by atoms with Crippen LogP contribution in [0.4, 0.5) is 5.82 Å². The summed E-state index contributed by atoms with van der Waals surface area (Å²) in [6.07, 6.45) is 4.79. The van der Waals surface area contributed by atoms with E-state index in [4.69, 9.17) is 14.7 Å². The largest absolute Gasteiger partial charge is 0.377 e. The standard InChI is InChI=1S/C26H34N4O2/c1-3-4-22(31)13-19-7-9-21(10-8-19)25-27-24-16-29(14-20-5-6-20)15-23(24)26(28-25)30-11-12-32-17-18(30)2/h7-10,18,20H,3-6,11-17H2,1-2H3/t18-/m0/s1. The lowest BCUT2D eigenvalue weighted by molar-refractivity contribution is -0.118. The first-order chi connectivity index (χ1) is 15.6. The molecule has 1 saturated carbocycles. The number of hydrogen-bond donors (Lipinski definition) is 0. The summed E-state index contributed by atoms with van der Waals surface area (Å²) in [4.78, 5) is 27.1. The van der Waals surface area contributed by atoms with Crippen molar-refractivity contribution in [1.29, 1.82) is 0 Å². The van der Waals surface area contributed by atoms with Crippen LogP contribution in [0.2, 0.25) is 0 Å². The number of benzene rings is 1. The fourth-order valence-electron chi connectivity index (χ4n) is 4.87. The molecule has 2 aliphatic heterocycles. The molecule has 6 heteroatoms. The third kappa shape index (κ3) is 4.71. The van der Waals surface area contributed by atoms with Crippen molar-refractivity contribution >= 4 is 11.6 Å². The van der Waals surface area contributed by atoms with Crippen LogP contribution in [-0.4, -0.2) is 53.0 Å². The van der Waals surface area contributed by atoms with Gasteiger partial charge in [-0.25, -0.2) is 9.97 Å². The highest BCUT2D eigenvalue weighted by atomic mass is 16.5. The molecule has 6 nitrogen and oxygen atoms in total. The highest BCUT2D eigenvalue weighted by Crippen LogP contribution is 2.36. The average Bonchev–Trinajstić information content (AvgIpc) is 3.50. The van der Waals surface area contributed by atoms with Gasteiger partial charge in [0.25, 0.3) is 0 Å². The van der Waals surface area contributed by atoms with E-state index in [9.17, 15) is 4.79 Å². The molecular formula is C26H34N4O2. The zero-order valence-corrected chi connectivity index (χ0v) is 19.3. The minimum atomic E-state index is 0.299. The van der Waals surface area contributed by atoms with Gasteiger partial charge >= 0.3 is 0 Å². The Bertz CT molecular complexity index is 971. The second-order valence-electron chi connectivity index (χ2n) is 9.69. The normalized spacial score (nSPS) is 21.1. The first-order valence-corrected chi connectivity index (χ1v) is 12.2. The molecule has 1 aliphatic carbocycles. The summed E-state index contributed by atoms with van der Waals surface area (Å²) in [7, 11) is 0. The molecule has 0 N–H and O–H groups in total. The van der Waals surface area contributed by atoms with Gasteiger partial charge in [0.2, 0.25) is 0 Å². The average molecular weight is 435 g/mol. The minimum absolute atomic E-state index is 0.299. The third-order valence-electron chi connectivity index (χ3n) is 6.82. The summed E-state index contributed by atoms with van der Waals surface area (Å²) in [6.45, 7) is 9.64. The molecule has 3 aliphatic rings. The minimum Gasteiger partial charge on any atom is -0.377 e. The van der Waals surface area contributed by atoms with Crippen LogP contribution in [-0.2, 0) is 29.0 Å². The molecule has 1 atom stereocenters. The van der Waals surface area contributed by atoms with E-state index in [1.165, 1.54) is 30.6 Å². The molecule has 0 unspecified atom stereocenters. The van der Waals surface area contributed by atoms with Gasteiger partial charge in [0.15, 0.2) is 5.82 Å². The molecule has 0 amide bonds. The highest BCUT2D eigenvalue weighted by molar-refractivity contribution is 5.81. The maximum atomic E-state index is 12.0. The van der Waals surface area contributed by atoms with Crippen LogP contribution in [0.1, 0.15) is 56.4 Å². The predicted molar refractivity (Wildman–Crippen MR) is 126 cm³/mol. The summed E-state index contributed by atoms with van der Waals surface area (Å²) in [5.74, 6) is 3.04. The first-order valence-electron chi connectivity index (χ1n) is 12.2. The zero-order valence-electron chi connectivity index (χ0n) is 19.3. The quantitative estimate of drug-likeness (QED) is 0.626. The van der Waals surface area contributed by atoms with Crippen molar-refractivity contribution in [3.05, 3.63) is 41.1 Å². The van der Waals surface area contributed by atoms with Gasteiger partial charge in [0.1, 0.15) is 11.6 Å². The van der Waals surface area contributed by atoms with E-state index < -0.39 is 0 Å². The van der Waals surface area contributed by atoms with Crippen molar-refractivity contribution in [3.63, 3.8) is 0 Å². The molecule has 0 spiro atoms. The molecule has 32 heavy (non-hydrogen) atoms. The van der Waals surface area contributed by atoms with E-state index >= 15 is 0 Å². The summed E-state index contributed by atoms with van der Waals surface area (Å²) in [5, 5.41) is 0. The number of carbonyl (C=O) groups is 1. The predicted octanol–water partition coefficient (Wildman–Crippen LogP) is 4.01. The molecule has 1 aromatic heterocycles. The Balaban J connectivity index is 1.44. The van der Waals surface area contributed by atoms with Crippen LogP contribution in [0.15, 0.2) is 24.3 Å². The zero-order chi connectivity index (χ0) is 22.1. The fourth-order valence-corrected chi connectivity index (χ4v) is 4.87. The number of rotatable bonds is 8. The Morgan fingerprint density at radius 2 is 1.97 bits per heavy atom. The van der Waals surface area contributed by atoms with Gasteiger partial charge in [-0.3, -0.25) is 9.69 Å². The summed E-state index contributed by atoms with van der Waals surface area (Å²) < 4.78 is 5.69. The van der Waals surface area contributed by atoms with E-state index in [0.717, 1.165) is 68.0 Å². The van der Waals surface area contributed by atoms with Gasteiger partial charge in [-0.2, -0.15) is 0 Å². The van der Waals surface area contributed by atoms with Crippen molar-refractivity contribution < 1.29 is 9.53 Å². The fraction of sp³-hybridized carbons (Fsp3) is 0.577. The maximum Gasteiger partial charge on any atom is 0.161 e. The lowest BCUT2D eigenvalue weighted by Crippen LogP contribution is -2.44. The Hall–Kier alpha value is -2.31. The molecule has 3 heterocycles. The van der Waals surface area contributed by atoms with Gasteiger partial charge in [-0.1, -0.05) is 31.2 Å². The molecule has 1 aromatic carbocycles. The Morgan fingerprint density at radius 1 is 1.16 bits per heavy atom. The number of fused-ring (bicyclic) bond motifs is 1. The van der Waals surface area contributed by atoms with Crippen LogP contribution in [0.3, 0.4) is 0 Å². The van der Waals surface area contributed by atoms with E-state index in [1.807, 2.05) is 6.92 Å². The third-order valence-corrected chi connectivity index (χ3v) is 6.82. The molecule has 2 aromatic rings. The van der Waals surface area contributed by atoms with Crippen LogP contribution in [0.25, 0.3) is 11.4 Å². The molecular weight excluding hydrogens is 400 g/mol. The van der Waals surface area contributed by atoms with Crippen molar-refractivity contribution in [2.75, 3.05) is 31.2 Å². The van der Waals surface area contributed by atoms with E-state index in [1.54, 1.807) is 0 Å². The van der Waals surface area contributed by atoms with Gasteiger partial charge in [-0.05, 0) is 37.7 Å². The number of ketones is 1. The monoisotopic (exact) mass is 434 g/mol. The number of nitrogens with zero attached hydrogens (tertiary/aromatic N) is 4. The highest BCUT2D eigenvalue weighted by Gasteiger charge is 2.33. The number of aromatic nitrogens is 2. The van der Waals surface area contributed by atoms with Crippen molar-refractivity contribution in [2.45, 2.75) is 65.1 Å². The van der Waals surface area contributed by atoms with E-state index in [-0.39, 0.29) is 0 Å².